The summed E-state index contributed by atoms with van der Waals surface area (Å²) in [7, 11) is 0. The zero-order valence-electron chi connectivity index (χ0n) is 28.6. The second kappa shape index (κ2) is 19.5. The molecule has 0 heterocycles. The second-order valence-corrected chi connectivity index (χ2v) is 12.6. The molecule has 0 saturated carbocycles. The molecule has 0 amide bonds. The van der Waals surface area contributed by atoms with Gasteiger partial charge in [-0.15, -0.1) is 60.6 Å². The van der Waals surface area contributed by atoms with Crippen molar-refractivity contribution in [2.75, 3.05) is 0 Å². The fourth-order valence-corrected chi connectivity index (χ4v) is 6.35. The second-order valence-electron chi connectivity index (χ2n) is 11.7. The van der Waals surface area contributed by atoms with E-state index in [2.05, 4.69) is 120 Å². The number of fused-ring (bicyclic) bond motifs is 3. The van der Waals surface area contributed by atoms with Gasteiger partial charge in [0.15, 0.2) is 0 Å². The molecule has 7 rings (SSSR count). The fraction of sp³-hybridized carbons (Fsp3) is 0.205. The molecular formula is C44H45Cl2Ti-3. The predicted molar refractivity (Wildman–Crippen MR) is 206 cm³/mol. The van der Waals surface area contributed by atoms with Crippen LogP contribution in [0, 0.1) is 59.8 Å². The first-order valence-electron chi connectivity index (χ1n) is 15.7. The van der Waals surface area contributed by atoms with Crippen molar-refractivity contribution in [2.45, 2.75) is 61.3 Å². The minimum atomic E-state index is 0. The molecule has 5 aromatic carbocycles. The van der Waals surface area contributed by atoms with Gasteiger partial charge in [0, 0.05) is 0 Å². The summed E-state index contributed by atoms with van der Waals surface area (Å²) in [4.78, 5) is 0. The summed E-state index contributed by atoms with van der Waals surface area (Å²) >= 11 is 2.00. The van der Waals surface area contributed by atoms with Gasteiger partial charge in [-0.1, -0.05) is 81.4 Å². The number of allylic oxidation sites excluding steroid dienone is 4. The van der Waals surface area contributed by atoms with Crippen LogP contribution >= 0.6 is 24.8 Å². The SMILES string of the molecule is C[CH]=[Ti].Cc1cc(C)c(-c2[c-]c3c(cc2)-c2ccc(-c4c(C)cc(C)cc4C)cc2C3)c(C)c1.Cl.Cl.[C-]1=CC=CC1.[c-]1ccccc1. The molecule has 0 spiro atoms. The van der Waals surface area contributed by atoms with Gasteiger partial charge in [-0.2, -0.15) is 42.5 Å². The molecule has 2 aliphatic rings. The van der Waals surface area contributed by atoms with Crippen LogP contribution < -0.4 is 0 Å². The fourth-order valence-electron chi connectivity index (χ4n) is 6.35. The molecule has 47 heavy (non-hydrogen) atoms. The summed E-state index contributed by atoms with van der Waals surface area (Å²) in [6.07, 6.45) is 11.0. The Kier molecular flexibility index (Phi) is 16.6. The molecule has 0 nitrogen and oxygen atoms in total. The van der Waals surface area contributed by atoms with E-state index in [0.717, 1.165) is 12.8 Å². The molecule has 0 radical (unpaired) electrons. The van der Waals surface area contributed by atoms with Gasteiger partial charge in [-0.05, 0) is 75.8 Å². The predicted octanol–water partition coefficient (Wildman–Crippen LogP) is 12.2. The average molecular weight is 693 g/mol. The zero-order chi connectivity index (χ0) is 32.3. The van der Waals surface area contributed by atoms with E-state index < -0.39 is 0 Å². The number of hydrogen-bond donors (Lipinski definition) is 0. The zero-order valence-corrected chi connectivity index (χ0v) is 31.8. The van der Waals surface area contributed by atoms with E-state index in [1.807, 2.05) is 73.7 Å². The maximum Gasteiger partial charge on any atom is -0.0125 e. The molecule has 0 atom stereocenters. The van der Waals surface area contributed by atoms with E-state index in [4.69, 9.17) is 0 Å². The number of aryl methyl sites for hydroxylation is 6. The molecule has 0 aliphatic heterocycles. The van der Waals surface area contributed by atoms with Crippen LogP contribution in [-0.4, -0.2) is 4.31 Å². The van der Waals surface area contributed by atoms with Crippen LogP contribution in [0.2, 0.25) is 0 Å². The van der Waals surface area contributed by atoms with E-state index >= 15 is 0 Å². The van der Waals surface area contributed by atoms with Gasteiger partial charge >= 0.3 is 31.2 Å². The van der Waals surface area contributed by atoms with E-state index in [1.165, 1.54) is 77.9 Å². The quantitative estimate of drug-likeness (QED) is 0.125. The van der Waals surface area contributed by atoms with Gasteiger partial charge in [0.2, 0.25) is 0 Å². The largest absolute Gasteiger partial charge is 0.273 e. The monoisotopic (exact) mass is 691 g/mol. The van der Waals surface area contributed by atoms with E-state index in [0.29, 0.717) is 0 Å². The summed E-state index contributed by atoms with van der Waals surface area (Å²) in [6, 6.07) is 37.0. The van der Waals surface area contributed by atoms with Gasteiger partial charge in [0.25, 0.3) is 0 Å². The summed E-state index contributed by atoms with van der Waals surface area (Å²) in [5, 5.41) is 0. The molecular weight excluding hydrogens is 647 g/mol. The number of hydrogen-bond acceptors (Lipinski definition) is 0. The van der Waals surface area contributed by atoms with Crippen LogP contribution in [0.25, 0.3) is 33.4 Å². The molecule has 0 unspecified atom stereocenters. The molecule has 2 aliphatic carbocycles. The summed E-state index contributed by atoms with van der Waals surface area (Å²) in [5.74, 6) is 0. The van der Waals surface area contributed by atoms with E-state index in [9.17, 15) is 0 Å². The van der Waals surface area contributed by atoms with Gasteiger partial charge in [0.05, 0.1) is 0 Å². The molecule has 0 fully saturated rings. The molecule has 3 heteroatoms. The minimum absolute atomic E-state index is 0. The number of rotatable bonds is 2. The van der Waals surface area contributed by atoms with Crippen molar-refractivity contribution in [3.05, 3.63) is 166 Å². The Bertz CT molecular complexity index is 1640. The maximum absolute atomic E-state index is 3.78. The molecule has 0 bridgehead atoms. The van der Waals surface area contributed by atoms with Crippen molar-refractivity contribution in [1.82, 2.24) is 0 Å². The van der Waals surface area contributed by atoms with Crippen LogP contribution in [-0.2, 0) is 26.4 Å². The van der Waals surface area contributed by atoms with Gasteiger partial charge in [-0.25, -0.2) is 12.2 Å². The normalized spacial score (nSPS) is 11.1. The smallest absolute Gasteiger partial charge is 0.0125 e. The van der Waals surface area contributed by atoms with E-state index in [-0.39, 0.29) is 24.8 Å². The standard InChI is InChI=1S/C31H29.C6H5.C5H5.C2H4.2ClH.Ti/c1-18-11-20(3)30(21(4)12-18)24-7-9-28-26(15-24)17-27-16-25(8-10-29(27)28)31-22(5)13-19(2)14-23(31)6;1-2-4-6-5-3-1;1-2-4-5-3-1;1-2;;;/h7-15H,17H2,1-6H3;1-5H;1-3H,4H2;1H,2H3;2*1H;/q3*-1;;;;. The van der Waals surface area contributed by atoms with Crippen LogP contribution in [0.4, 0.5) is 0 Å². The van der Waals surface area contributed by atoms with Crippen LogP contribution in [0.1, 0.15) is 57.9 Å². The Morgan fingerprint density at radius 3 is 1.68 bits per heavy atom. The first-order chi connectivity index (χ1) is 21.7. The first kappa shape index (κ1) is 39.9. The molecule has 0 N–H and O–H groups in total. The van der Waals surface area contributed by atoms with Crippen molar-refractivity contribution >= 4 is 29.1 Å². The average Bonchev–Trinajstić information content (AvgIpc) is 3.70. The molecule has 5 aromatic rings. The first-order valence-corrected chi connectivity index (χ1v) is 16.6. The number of benzene rings is 5. The van der Waals surface area contributed by atoms with Gasteiger partial charge in [0.1, 0.15) is 0 Å². The maximum atomic E-state index is 3.78. The van der Waals surface area contributed by atoms with Crippen LogP contribution in [0.15, 0.2) is 103 Å². The Morgan fingerprint density at radius 1 is 0.681 bits per heavy atom. The topological polar surface area (TPSA) is 0 Å². The Morgan fingerprint density at radius 2 is 1.23 bits per heavy atom. The van der Waals surface area contributed by atoms with Crippen molar-refractivity contribution in [1.29, 1.82) is 0 Å². The van der Waals surface area contributed by atoms with Crippen LogP contribution in [0.3, 0.4) is 0 Å². The Labute approximate surface area is 307 Å². The van der Waals surface area contributed by atoms with E-state index in [1.54, 1.807) is 0 Å². The third-order valence-electron chi connectivity index (χ3n) is 7.90. The number of halogens is 2. The third kappa shape index (κ3) is 10.6. The van der Waals surface area contributed by atoms with Crippen LogP contribution in [0.5, 0.6) is 0 Å². The van der Waals surface area contributed by atoms with Crippen molar-refractivity contribution < 1.29 is 20.0 Å². The van der Waals surface area contributed by atoms with Gasteiger partial charge in [-0.3, -0.25) is 6.08 Å². The van der Waals surface area contributed by atoms with Crippen molar-refractivity contribution in [3.63, 3.8) is 0 Å². The molecule has 0 saturated heterocycles. The Hall–Kier alpha value is -3.26. The summed E-state index contributed by atoms with van der Waals surface area (Å²) < 4.78 is 2.00. The van der Waals surface area contributed by atoms with Gasteiger partial charge < -0.3 is 0 Å². The molecule has 242 valence electrons. The third-order valence-corrected chi connectivity index (χ3v) is 7.90. The summed E-state index contributed by atoms with van der Waals surface area (Å²) in [6.45, 7) is 15.2. The van der Waals surface area contributed by atoms with Crippen molar-refractivity contribution in [2.24, 2.45) is 0 Å². The Balaban J connectivity index is 0.000000400. The minimum Gasteiger partial charge on any atom is -0.273 e. The van der Waals surface area contributed by atoms with Crippen molar-refractivity contribution in [3.8, 4) is 33.4 Å². The summed E-state index contributed by atoms with van der Waals surface area (Å²) in [5.41, 5.74) is 18.7. The molecule has 0 aromatic heterocycles.